The number of carbonyl (C=O) groups is 3. The predicted octanol–water partition coefficient (Wildman–Crippen LogP) is 2.32. The number of H-pyrrole nitrogens is 1. The van der Waals surface area contributed by atoms with Gasteiger partial charge in [0.25, 0.3) is 5.56 Å². The molecule has 0 radical (unpaired) electrons. The number of nitrogens with zero attached hydrogens (tertiary/aromatic N) is 1. The molecule has 0 fully saturated rings. The van der Waals surface area contributed by atoms with Gasteiger partial charge < -0.3 is 20.9 Å². The number of amides is 3. The van der Waals surface area contributed by atoms with Crippen molar-refractivity contribution < 1.29 is 14.4 Å². The maximum atomic E-state index is 12.3. The van der Waals surface area contributed by atoms with Crippen LogP contribution in [-0.2, 0) is 27.3 Å². The Morgan fingerprint density at radius 2 is 1.67 bits per heavy atom. The van der Waals surface area contributed by atoms with Crippen LogP contribution in [0.15, 0.2) is 70.6 Å². The molecule has 0 spiro atoms. The molecule has 0 atom stereocenters. The minimum Gasteiger partial charge on any atom is -0.352 e. The fourth-order valence-corrected chi connectivity index (χ4v) is 3.57. The molecule has 0 aliphatic rings. The minimum absolute atomic E-state index is 0.00301. The molecule has 0 aliphatic carbocycles. The van der Waals surface area contributed by atoms with E-state index in [4.69, 9.17) is 0 Å². The van der Waals surface area contributed by atoms with Crippen molar-refractivity contribution in [3.8, 4) is 0 Å². The second kappa shape index (κ2) is 11.6. The SMILES string of the molecule is CC(=O)Nc1cccc(NC(=O)CSc2nc(CC(=O)NCc3ccccc3)cc(=O)[nH]2)c1. The third kappa shape index (κ3) is 8.26. The van der Waals surface area contributed by atoms with Crippen LogP contribution in [0, 0.1) is 0 Å². The number of anilines is 2. The summed E-state index contributed by atoms with van der Waals surface area (Å²) in [5.74, 6) is -0.784. The van der Waals surface area contributed by atoms with Gasteiger partial charge in [-0.15, -0.1) is 0 Å². The summed E-state index contributed by atoms with van der Waals surface area (Å²) in [6.07, 6.45) is -0.0492. The van der Waals surface area contributed by atoms with Crippen molar-refractivity contribution in [1.29, 1.82) is 0 Å². The van der Waals surface area contributed by atoms with Gasteiger partial charge in [0.15, 0.2) is 5.16 Å². The first-order valence-corrected chi connectivity index (χ1v) is 11.1. The monoisotopic (exact) mass is 465 g/mol. The third-order valence-corrected chi connectivity index (χ3v) is 5.13. The molecular formula is C23H23N5O4S. The number of hydrogen-bond donors (Lipinski definition) is 4. The van der Waals surface area contributed by atoms with E-state index < -0.39 is 5.56 Å². The number of hydrogen-bond acceptors (Lipinski definition) is 6. The van der Waals surface area contributed by atoms with Crippen LogP contribution in [0.2, 0.25) is 0 Å². The van der Waals surface area contributed by atoms with E-state index in [0.29, 0.717) is 23.6 Å². The van der Waals surface area contributed by atoms with Crippen molar-refractivity contribution in [1.82, 2.24) is 15.3 Å². The molecule has 0 saturated carbocycles. The Kier molecular flexibility index (Phi) is 8.36. The van der Waals surface area contributed by atoms with E-state index in [-0.39, 0.29) is 35.1 Å². The van der Waals surface area contributed by atoms with Gasteiger partial charge in [-0.3, -0.25) is 19.2 Å². The summed E-state index contributed by atoms with van der Waals surface area (Å²) in [5.41, 5.74) is 1.97. The lowest BCUT2D eigenvalue weighted by atomic mass is 10.2. The smallest absolute Gasteiger partial charge is 0.251 e. The highest BCUT2D eigenvalue weighted by molar-refractivity contribution is 7.99. The van der Waals surface area contributed by atoms with Gasteiger partial charge in [-0.05, 0) is 23.8 Å². The van der Waals surface area contributed by atoms with Crippen LogP contribution in [0.4, 0.5) is 11.4 Å². The summed E-state index contributed by atoms with van der Waals surface area (Å²) in [7, 11) is 0. The summed E-state index contributed by atoms with van der Waals surface area (Å²) in [6.45, 7) is 1.78. The van der Waals surface area contributed by atoms with Crippen LogP contribution in [-0.4, -0.2) is 33.4 Å². The van der Waals surface area contributed by atoms with Crippen LogP contribution < -0.4 is 21.5 Å². The highest BCUT2D eigenvalue weighted by atomic mass is 32.2. The van der Waals surface area contributed by atoms with E-state index in [1.54, 1.807) is 24.3 Å². The predicted molar refractivity (Wildman–Crippen MR) is 127 cm³/mol. The molecule has 170 valence electrons. The fraction of sp³-hybridized carbons (Fsp3) is 0.174. The van der Waals surface area contributed by atoms with Gasteiger partial charge in [-0.2, -0.15) is 0 Å². The molecule has 3 amide bonds. The molecule has 1 heterocycles. The maximum absolute atomic E-state index is 12.3. The van der Waals surface area contributed by atoms with Gasteiger partial charge in [0, 0.05) is 30.9 Å². The van der Waals surface area contributed by atoms with E-state index in [0.717, 1.165) is 17.3 Å². The zero-order valence-corrected chi connectivity index (χ0v) is 18.7. The summed E-state index contributed by atoms with van der Waals surface area (Å²) in [5, 5.41) is 8.41. The number of aromatic nitrogens is 2. The Labute approximate surface area is 194 Å². The van der Waals surface area contributed by atoms with Crippen LogP contribution >= 0.6 is 11.8 Å². The summed E-state index contributed by atoms with van der Waals surface area (Å²) in [4.78, 5) is 54.5. The molecule has 10 heteroatoms. The number of benzene rings is 2. The van der Waals surface area contributed by atoms with Crippen molar-refractivity contribution in [2.45, 2.75) is 25.0 Å². The van der Waals surface area contributed by atoms with Crippen molar-refractivity contribution in [2.75, 3.05) is 16.4 Å². The van der Waals surface area contributed by atoms with Gasteiger partial charge in [-0.1, -0.05) is 48.2 Å². The Balaban J connectivity index is 1.53. The molecule has 1 aromatic heterocycles. The molecule has 0 unspecified atom stereocenters. The van der Waals surface area contributed by atoms with E-state index in [1.165, 1.54) is 13.0 Å². The molecule has 2 aromatic carbocycles. The summed E-state index contributed by atoms with van der Waals surface area (Å²) >= 11 is 1.05. The fourth-order valence-electron chi connectivity index (χ4n) is 2.87. The highest BCUT2D eigenvalue weighted by Crippen LogP contribution is 2.17. The van der Waals surface area contributed by atoms with Crippen LogP contribution in [0.1, 0.15) is 18.2 Å². The van der Waals surface area contributed by atoms with Crippen molar-refractivity contribution in [2.24, 2.45) is 0 Å². The van der Waals surface area contributed by atoms with Gasteiger partial charge in [0.05, 0.1) is 17.9 Å². The first-order chi connectivity index (χ1) is 15.9. The van der Waals surface area contributed by atoms with Crippen molar-refractivity contribution in [3.05, 3.63) is 82.3 Å². The molecule has 3 rings (SSSR count). The Morgan fingerprint density at radius 1 is 0.939 bits per heavy atom. The summed E-state index contributed by atoms with van der Waals surface area (Å²) in [6, 6.07) is 17.5. The van der Waals surface area contributed by atoms with Crippen LogP contribution in [0.25, 0.3) is 0 Å². The molecule has 0 aliphatic heterocycles. The van der Waals surface area contributed by atoms with E-state index in [2.05, 4.69) is 25.9 Å². The second-order valence-electron chi connectivity index (χ2n) is 7.08. The molecule has 0 saturated heterocycles. The van der Waals surface area contributed by atoms with Gasteiger partial charge in [0.2, 0.25) is 17.7 Å². The Hall–Kier alpha value is -3.92. The maximum Gasteiger partial charge on any atom is 0.251 e. The number of aromatic amines is 1. The third-order valence-electron chi connectivity index (χ3n) is 4.25. The Bertz CT molecular complexity index is 1200. The molecule has 33 heavy (non-hydrogen) atoms. The largest absolute Gasteiger partial charge is 0.352 e. The zero-order chi connectivity index (χ0) is 23.6. The Morgan fingerprint density at radius 3 is 2.39 bits per heavy atom. The summed E-state index contributed by atoms with van der Waals surface area (Å²) < 4.78 is 0. The lowest BCUT2D eigenvalue weighted by Crippen LogP contribution is -2.26. The van der Waals surface area contributed by atoms with Crippen LogP contribution in [0.5, 0.6) is 0 Å². The van der Waals surface area contributed by atoms with Gasteiger partial charge in [-0.25, -0.2) is 4.98 Å². The van der Waals surface area contributed by atoms with Crippen LogP contribution in [0.3, 0.4) is 0 Å². The second-order valence-corrected chi connectivity index (χ2v) is 8.04. The highest BCUT2D eigenvalue weighted by Gasteiger charge is 2.10. The lowest BCUT2D eigenvalue weighted by molar-refractivity contribution is -0.120. The van der Waals surface area contributed by atoms with E-state index in [9.17, 15) is 19.2 Å². The average Bonchev–Trinajstić information content (AvgIpc) is 2.76. The molecule has 3 aromatic rings. The lowest BCUT2D eigenvalue weighted by Gasteiger charge is -2.08. The zero-order valence-electron chi connectivity index (χ0n) is 17.9. The van der Waals surface area contributed by atoms with Gasteiger partial charge in [0.1, 0.15) is 0 Å². The topological polar surface area (TPSA) is 133 Å². The number of nitrogens with one attached hydrogen (secondary N) is 4. The molecular weight excluding hydrogens is 442 g/mol. The quantitative estimate of drug-likeness (QED) is 0.283. The molecule has 9 nitrogen and oxygen atoms in total. The molecule has 0 bridgehead atoms. The number of thioether (sulfide) groups is 1. The van der Waals surface area contributed by atoms with Crippen molar-refractivity contribution in [3.63, 3.8) is 0 Å². The van der Waals surface area contributed by atoms with E-state index in [1.807, 2.05) is 30.3 Å². The normalized spacial score (nSPS) is 10.3. The minimum atomic E-state index is -0.401. The molecule has 4 N–H and O–H groups in total. The average molecular weight is 466 g/mol. The number of carbonyl (C=O) groups excluding carboxylic acids is 3. The first kappa shape index (κ1) is 23.7. The van der Waals surface area contributed by atoms with Crippen molar-refractivity contribution >= 4 is 40.9 Å². The standard InChI is InChI=1S/C23H23N5O4S/c1-15(29)25-17-8-5-9-18(10-17)26-22(32)14-33-23-27-19(12-21(31)28-23)11-20(30)24-13-16-6-3-2-4-7-16/h2-10,12H,11,13-14H2,1H3,(H,24,30)(H,25,29)(H,26,32)(H,27,28,31). The first-order valence-electron chi connectivity index (χ1n) is 10.1. The van der Waals surface area contributed by atoms with E-state index >= 15 is 0 Å². The number of rotatable bonds is 9. The van der Waals surface area contributed by atoms with Gasteiger partial charge >= 0.3 is 0 Å².